The van der Waals surface area contributed by atoms with Crippen molar-refractivity contribution in [3.05, 3.63) is 71.0 Å². The van der Waals surface area contributed by atoms with Crippen LogP contribution >= 0.6 is 0 Å². The zero-order valence-electron chi connectivity index (χ0n) is 15.4. The molecule has 1 aromatic carbocycles. The molecule has 0 fully saturated rings. The van der Waals surface area contributed by atoms with Crippen molar-refractivity contribution in [1.29, 1.82) is 5.26 Å². The van der Waals surface area contributed by atoms with Crippen LogP contribution in [-0.2, 0) is 6.42 Å². The fourth-order valence-corrected chi connectivity index (χ4v) is 3.94. The van der Waals surface area contributed by atoms with Gasteiger partial charge in [-0.05, 0) is 54.4 Å². The number of nitrogens with one attached hydrogen (secondary N) is 1. The minimum atomic E-state index is 0.220. The Morgan fingerprint density at radius 1 is 1.32 bits per heavy atom. The highest BCUT2D eigenvalue weighted by molar-refractivity contribution is 5.83. The number of aromatic amines is 1. The summed E-state index contributed by atoms with van der Waals surface area (Å²) >= 11 is 0. The highest BCUT2D eigenvalue weighted by Crippen LogP contribution is 2.40. The molecule has 0 aliphatic heterocycles. The van der Waals surface area contributed by atoms with Gasteiger partial charge >= 0.3 is 0 Å². The van der Waals surface area contributed by atoms with E-state index in [-0.39, 0.29) is 5.41 Å². The fraction of sp³-hybridized carbons (Fsp3) is 0.348. The van der Waals surface area contributed by atoms with E-state index in [1.807, 2.05) is 6.07 Å². The summed E-state index contributed by atoms with van der Waals surface area (Å²) in [4.78, 5) is 3.32. The largest absolute Gasteiger partial charge is 0.361 e. The lowest BCUT2D eigenvalue weighted by Gasteiger charge is -2.33. The van der Waals surface area contributed by atoms with E-state index in [9.17, 15) is 5.26 Å². The van der Waals surface area contributed by atoms with E-state index in [1.165, 1.54) is 41.4 Å². The number of allylic oxidation sites excluding steroid dienone is 6. The molecule has 1 heterocycles. The average molecular weight is 330 g/mol. The van der Waals surface area contributed by atoms with Crippen LogP contribution in [0.25, 0.3) is 10.9 Å². The molecule has 2 aromatic rings. The number of benzene rings is 1. The Labute approximate surface area is 150 Å². The van der Waals surface area contributed by atoms with E-state index in [2.05, 4.69) is 68.4 Å². The summed E-state index contributed by atoms with van der Waals surface area (Å²) < 4.78 is 0. The van der Waals surface area contributed by atoms with E-state index in [1.54, 1.807) is 6.08 Å². The second-order valence-corrected chi connectivity index (χ2v) is 7.65. The molecule has 25 heavy (non-hydrogen) atoms. The normalized spacial score (nSPS) is 18.1. The molecular formula is C23H26N2. The lowest BCUT2D eigenvalue weighted by molar-refractivity contribution is 0.377. The molecule has 2 nitrogen and oxygen atoms in total. The molecule has 1 aromatic heterocycles. The SMILES string of the molecule is CC1=C(/C=C/C(=C/C#N)Cc2c[nH]c3ccccc23)C(C)(C)CCC1. The third kappa shape index (κ3) is 3.77. The van der Waals surface area contributed by atoms with Gasteiger partial charge in [0.05, 0.1) is 6.07 Å². The zero-order chi connectivity index (χ0) is 17.9. The molecule has 0 spiro atoms. The van der Waals surface area contributed by atoms with Crippen LogP contribution in [0.1, 0.15) is 45.6 Å². The number of rotatable bonds is 4. The van der Waals surface area contributed by atoms with Crippen LogP contribution in [0.4, 0.5) is 0 Å². The maximum Gasteiger partial charge on any atom is 0.0915 e. The van der Waals surface area contributed by atoms with Gasteiger partial charge < -0.3 is 4.98 Å². The molecule has 1 N–H and O–H groups in total. The van der Waals surface area contributed by atoms with Crippen LogP contribution in [0.5, 0.6) is 0 Å². The summed E-state index contributed by atoms with van der Waals surface area (Å²) in [6, 6.07) is 10.5. The molecule has 0 radical (unpaired) electrons. The molecule has 0 unspecified atom stereocenters. The van der Waals surface area contributed by atoms with Crippen molar-refractivity contribution in [2.24, 2.45) is 5.41 Å². The summed E-state index contributed by atoms with van der Waals surface area (Å²) in [5.41, 5.74) is 6.56. The van der Waals surface area contributed by atoms with Gasteiger partial charge in [0.15, 0.2) is 0 Å². The van der Waals surface area contributed by atoms with Crippen molar-refractivity contribution in [3.8, 4) is 6.07 Å². The Morgan fingerprint density at radius 2 is 2.12 bits per heavy atom. The Bertz CT molecular complexity index is 898. The van der Waals surface area contributed by atoms with E-state index in [0.29, 0.717) is 0 Å². The van der Waals surface area contributed by atoms with Crippen molar-refractivity contribution in [2.45, 2.75) is 46.5 Å². The van der Waals surface area contributed by atoms with Crippen LogP contribution in [0.2, 0.25) is 0 Å². The summed E-state index contributed by atoms with van der Waals surface area (Å²) in [6.07, 6.45) is 12.5. The molecule has 3 rings (SSSR count). The average Bonchev–Trinajstić information content (AvgIpc) is 2.97. The number of nitrogens with zero attached hydrogens (tertiary/aromatic N) is 1. The molecule has 0 saturated heterocycles. The predicted molar refractivity (Wildman–Crippen MR) is 105 cm³/mol. The Balaban J connectivity index is 1.88. The monoisotopic (exact) mass is 330 g/mol. The second kappa shape index (κ2) is 7.15. The van der Waals surface area contributed by atoms with Gasteiger partial charge in [-0.15, -0.1) is 0 Å². The fourth-order valence-electron chi connectivity index (χ4n) is 3.94. The van der Waals surface area contributed by atoms with Gasteiger partial charge in [0.1, 0.15) is 0 Å². The summed E-state index contributed by atoms with van der Waals surface area (Å²) in [5, 5.41) is 10.4. The second-order valence-electron chi connectivity index (χ2n) is 7.65. The van der Waals surface area contributed by atoms with Crippen LogP contribution in [0.3, 0.4) is 0 Å². The van der Waals surface area contributed by atoms with E-state index in [4.69, 9.17) is 0 Å². The predicted octanol–water partition coefficient (Wildman–Crippen LogP) is 6.24. The maximum absolute atomic E-state index is 9.19. The first-order chi connectivity index (χ1) is 12.0. The van der Waals surface area contributed by atoms with Gasteiger partial charge in [-0.3, -0.25) is 0 Å². The summed E-state index contributed by atoms with van der Waals surface area (Å²) in [7, 11) is 0. The molecular weight excluding hydrogens is 304 g/mol. The third-order valence-corrected chi connectivity index (χ3v) is 5.33. The molecule has 0 saturated carbocycles. The minimum Gasteiger partial charge on any atom is -0.361 e. The van der Waals surface area contributed by atoms with Gasteiger partial charge in [-0.2, -0.15) is 5.26 Å². The Hall–Kier alpha value is -2.53. The van der Waals surface area contributed by atoms with Gasteiger partial charge in [-0.1, -0.05) is 49.8 Å². The highest BCUT2D eigenvalue weighted by atomic mass is 14.7. The summed E-state index contributed by atoms with van der Waals surface area (Å²) in [6.45, 7) is 6.89. The molecule has 0 atom stereocenters. The van der Waals surface area contributed by atoms with Crippen molar-refractivity contribution in [3.63, 3.8) is 0 Å². The first kappa shape index (κ1) is 17.3. The van der Waals surface area contributed by atoms with Crippen LogP contribution in [0, 0.1) is 16.7 Å². The number of hydrogen-bond acceptors (Lipinski definition) is 1. The number of nitriles is 1. The number of hydrogen-bond donors (Lipinski definition) is 1. The quantitative estimate of drug-likeness (QED) is 0.523. The van der Waals surface area contributed by atoms with Gasteiger partial charge in [0.25, 0.3) is 0 Å². The van der Waals surface area contributed by atoms with Crippen LogP contribution < -0.4 is 0 Å². The molecule has 128 valence electrons. The zero-order valence-corrected chi connectivity index (χ0v) is 15.4. The minimum absolute atomic E-state index is 0.220. The summed E-state index contributed by atoms with van der Waals surface area (Å²) in [5.74, 6) is 0. The first-order valence-electron chi connectivity index (χ1n) is 9.03. The van der Waals surface area contributed by atoms with Crippen molar-refractivity contribution in [1.82, 2.24) is 4.98 Å². The van der Waals surface area contributed by atoms with Gasteiger partial charge in [0, 0.05) is 29.6 Å². The number of aromatic nitrogens is 1. The Morgan fingerprint density at radius 3 is 2.88 bits per heavy atom. The van der Waals surface area contributed by atoms with E-state index >= 15 is 0 Å². The number of fused-ring (bicyclic) bond motifs is 1. The van der Waals surface area contributed by atoms with E-state index in [0.717, 1.165) is 17.5 Å². The third-order valence-electron chi connectivity index (χ3n) is 5.33. The molecule has 1 aliphatic carbocycles. The van der Waals surface area contributed by atoms with Crippen LogP contribution in [0.15, 0.2) is 65.4 Å². The Kier molecular flexibility index (Phi) is 4.95. The molecule has 1 aliphatic rings. The lowest BCUT2D eigenvalue weighted by atomic mass is 9.72. The van der Waals surface area contributed by atoms with Gasteiger partial charge in [-0.25, -0.2) is 0 Å². The lowest BCUT2D eigenvalue weighted by Crippen LogP contribution is -2.19. The standard InChI is InChI=1S/C23H26N2/c1-17-7-6-13-23(2,3)21(17)11-10-18(12-14-24)15-19-16-25-22-9-5-4-8-20(19)22/h4-5,8-12,16,25H,6-7,13,15H2,1-3H3/b11-10+,18-12-. The highest BCUT2D eigenvalue weighted by Gasteiger charge is 2.26. The first-order valence-corrected chi connectivity index (χ1v) is 9.03. The number of para-hydroxylation sites is 1. The van der Waals surface area contributed by atoms with Crippen molar-refractivity contribution in [2.75, 3.05) is 0 Å². The smallest absolute Gasteiger partial charge is 0.0915 e. The topological polar surface area (TPSA) is 39.6 Å². The van der Waals surface area contributed by atoms with E-state index < -0.39 is 0 Å². The van der Waals surface area contributed by atoms with Crippen molar-refractivity contribution < 1.29 is 0 Å². The van der Waals surface area contributed by atoms with Crippen molar-refractivity contribution >= 4 is 10.9 Å². The number of H-pyrrole nitrogens is 1. The van der Waals surface area contributed by atoms with Gasteiger partial charge in [0.2, 0.25) is 0 Å². The molecule has 0 bridgehead atoms. The molecule has 0 amide bonds. The van der Waals surface area contributed by atoms with Crippen LogP contribution in [-0.4, -0.2) is 4.98 Å². The maximum atomic E-state index is 9.19. The molecule has 2 heteroatoms.